The number of benzene rings is 1. The first-order chi connectivity index (χ1) is 15.2. The molecule has 2 N–H and O–H groups in total. The lowest BCUT2D eigenvalue weighted by Crippen LogP contribution is -2.45. The van der Waals surface area contributed by atoms with E-state index in [4.69, 9.17) is 8.83 Å². The van der Waals surface area contributed by atoms with Crippen LogP contribution < -0.4 is 10.6 Å². The lowest BCUT2D eigenvalue weighted by molar-refractivity contribution is 0.0903. The van der Waals surface area contributed by atoms with Gasteiger partial charge in [0.1, 0.15) is 12.5 Å². The van der Waals surface area contributed by atoms with Crippen molar-refractivity contribution in [3.63, 3.8) is 0 Å². The average molecular weight is 420 g/mol. The van der Waals surface area contributed by atoms with Crippen LogP contribution in [0.3, 0.4) is 0 Å². The quantitative estimate of drug-likeness (QED) is 0.550. The topological polar surface area (TPSA) is 110 Å². The van der Waals surface area contributed by atoms with Gasteiger partial charge in [0, 0.05) is 18.4 Å². The van der Waals surface area contributed by atoms with Crippen LogP contribution in [0.2, 0.25) is 0 Å². The molecule has 8 nitrogen and oxygen atoms in total. The third-order valence-electron chi connectivity index (χ3n) is 5.53. The molecule has 160 valence electrons. The van der Waals surface area contributed by atoms with Gasteiger partial charge in [-0.2, -0.15) is 0 Å². The van der Waals surface area contributed by atoms with Crippen molar-refractivity contribution in [3.05, 3.63) is 71.6 Å². The van der Waals surface area contributed by atoms with Crippen LogP contribution in [0.25, 0.3) is 0 Å². The predicted molar refractivity (Wildman–Crippen MR) is 111 cm³/mol. The van der Waals surface area contributed by atoms with Gasteiger partial charge in [-0.15, -0.1) is 0 Å². The molecule has 8 heteroatoms. The van der Waals surface area contributed by atoms with Crippen molar-refractivity contribution < 1.29 is 18.4 Å². The zero-order chi connectivity index (χ0) is 21.2. The van der Waals surface area contributed by atoms with E-state index in [-0.39, 0.29) is 35.8 Å². The van der Waals surface area contributed by atoms with Crippen LogP contribution in [0, 0.1) is 0 Å². The Hall–Kier alpha value is -3.42. The molecule has 2 aliphatic rings. The summed E-state index contributed by atoms with van der Waals surface area (Å²) in [5, 5.41) is 5.84. The summed E-state index contributed by atoms with van der Waals surface area (Å²) >= 11 is 0. The van der Waals surface area contributed by atoms with Crippen molar-refractivity contribution in [3.8, 4) is 0 Å². The molecular weight excluding hydrogens is 396 g/mol. The van der Waals surface area contributed by atoms with E-state index in [2.05, 4.69) is 20.6 Å². The Morgan fingerprint density at radius 2 is 1.48 bits per heavy atom. The standard InChI is InChI=1S/C23H24N4O4/c28-20(18-12-30-22(26-18)15-6-7-15)24-11-17(10-14-4-2-1-3-5-14)25-21(29)19-13-31-23(27-19)16-8-9-16/h1-5,12-13,15-17H,6-11H2,(H,24,28)(H,25,29)/t17-/m1/s1. The van der Waals surface area contributed by atoms with E-state index in [1.54, 1.807) is 0 Å². The summed E-state index contributed by atoms with van der Waals surface area (Å²) < 4.78 is 10.8. The maximum Gasteiger partial charge on any atom is 0.273 e. The predicted octanol–water partition coefficient (Wildman–Crippen LogP) is 3.19. The maximum atomic E-state index is 12.7. The monoisotopic (exact) mass is 420 g/mol. The highest BCUT2D eigenvalue weighted by molar-refractivity contribution is 5.93. The van der Waals surface area contributed by atoms with Gasteiger partial charge in [-0.3, -0.25) is 9.59 Å². The Balaban J connectivity index is 1.23. The van der Waals surface area contributed by atoms with E-state index >= 15 is 0 Å². The van der Waals surface area contributed by atoms with Crippen molar-refractivity contribution >= 4 is 11.8 Å². The third kappa shape index (κ3) is 4.84. The molecule has 2 amide bonds. The molecule has 2 aromatic heterocycles. The van der Waals surface area contributed by atoms with Crippen LogP contribution in [0.15, 0.2) is 51.7 Å². The molecule has 3 aromatic rings. The van der Waals surface area contributed by atoms with Gasteiger partial charge < -0.3 is 19.5 Å². The molecule has 1 aromatic carbocycles. The largest absolute Gasteiger partial charge is 0.448 e. The van der Waals surface area contributed by atoms with Crippen LogP contribution in [0.5, 0.6) is 0 Å². The molecule has 2 heterocycles. The number of carbonyl (C=O) groups excluding carboxylic acids is 2. The molecule has 2 aliphatic carbocycles. The van der Waals surface area contributed by atoms with E-state index in [0.717, 1.165) is 31.2 Å². The second-order valence-electron chi connectivity index (χ2n) is 8.26. The van der Waals surface area contributed by atoms with E-state index in [9.17, 15) is 9.59 Å². The van der Waals surface area contributed by atoms with Crippen molar-refractivity contribution in [2.75, 3.05) is 6.54 Å². The van der Waals surface area contributed by atoms with Gasteiger partial charge in [-0.05, 0) is 37.7 Å². The Bertz CT molecular complexity index is 1070. The molecular formula is C23H24N4O4. The molecule has 0 spiro atoms. The Labute approximate surface area is 179 Å². The van der Waals surface area contributed by atoms with Crippen molar-refractivity contribution in [1.29, 1.82) is 0 Å². The normalized spacial score (nSPS) is 16.6. The van der Waals surface area contributed by atoms with E-state index in [0.29, 0.717) is 30.0 Å². The molecule has 0 radical (unpaired) electrons. The molecule has 2 saturated carbocycles. The van der Waals surface area contributed by atoms with E-state index in [1.165, 1.54) is 12.5 Å². The summed E-state index contributed by atoms with van der Waals surface area (Å²) in [5.41, 5.74) is 1.58. The first kappa shape index (κ1) is 19.5. The summed E-state index contributed by atoms with van der Waals surface area (Å²) in [6, 6.07) is 9.48. The Morgan fingerprint density at radius 1 is 0.903 bits per heavy atom. The zero-order valence-electron chi connectivity index (χ0n) is 17.0. The molecule has 0 aliphatic heterocycles. The second kappa shape index (κ2) is 8.37. The highest BCUT2D eigenvalue weighted by atomic mass is 16.3. The Morgan fingerprint density at radius 3 is 2.06 bits per heavy atom. The third-order valence-corrected chi connectivity index (χ3v) is 5.53. The lowest BCUT2D eigenvalue weighted by atomic mass is 10.1. The van der Waals surface area contributed by atoms with Crippen molar-refractivity contribution in [1.82, 2.24) is 20.6 Å². The first-order valence-electron chi connectivity index (χ1n) is 10.7. The number of oxazole rings is 2. The number of amides is 2. The second-order valence-corrected chi connectivity index (χ2v) is 8.26. The summed E-state index contributed by atoms with van der Waals surface area (Å²) in [4.78, 5) is 33.8. The summed E-state index contributed by atoms with van der Waals surface area (Å²) in [6.07, 6.45) is 7.56. The summed E-state index contributed by atoms with van der Waals surface area (Å²) in [6.45, 7) is 0.248. The number of aromatic nitrogens is 2. The van der Waals surface area contributed by atoms with Crippen molar-refractivity contribution in [2.45, 2.75) is 50.0 Å². The molecule has 0 saturated heterocycles. The zero-order valence-corrected chi connectivity index (χ0v) is 17.0. The number of nitrogens with zero attached hydrogens (tertiary/aromatic N) is 2. The van der Waals surface area contributed by atoms with Gasteiger partial charge >= 0.3 is 0 Å². The minimum Gasteiger partial charge on any atom is -0.448 e. The minimum absolute atomic E-state index is 0.248. The van der Waals surface area contributed by atoms with Crippen LogP contribution >= 0.6 is 0 Å². The van der Waals surface area contributed by atoms with Crippen LogP contribution in [0.4, 0.5) is 0 Å². The van der Waals surface area contributed by atoms with Crippen LogP contribution in [-0.2, 0) is 6.42 Å². The highest BCUT2D eigenvalue weighted by Crippen LogP contribution is 2.39. The van der Waals surface area contributed by atoms with Crippen LogP contribution in [0.1, 0.15) is 75.8 Å². The number of nitrogens with one attached hydrogen (secondary N) is 2. The molecule has 0 bridgehead atoms. The van der Waals surface area contributed by atoms with Gasteiger partial charge in [0.05, 0.1) is 6.04 Å². The fourth-order valence-corrected chi connectivity index (χ4v) is 3.46. The lowest BCUT2D eigenvalue weighted by Gasteiger charge is -2.19. The van der Waals surface area contributed by atoms with Gasteiger partial charge in [0.15, 0.2) is 23.2 Å². The molecule has 2 fully saturated rings. The fourth-order valence-electron chi connectivity index (χ4n) is 3.46. The first-order valence-corrected chi connectivity index (χ1v) is 10.7. The van der Waals surface area contributed by atoms with Crippen molar-refractivity contribution in [2.24, 2.45) is 0 Å². The van der Waals surface area contributed by atoms with E-state index in [1.807, 2.05) is 30.3 Å². The van der Waals surface area contributed by atoms with Gasteiger partial charge in [0.2, 0.25) is 0 Å². The minimum atomic E-state index is -0.324. The smallest absolute Gasteiger partial charge is 0.273 e. The highest BCUT2D eigenvalue weighted by Gasteiger charge is 2.30. The molecule has 5 rings (SSSR count). The maximum absolute atomic E-state index is 12.7. The summed E-state index contributed by atoms with van der Waals surface area (Å²) in [7, 11) is 0. The van der Waals surface area contributed by atoms with Gasteiger partial charge in [0.25, 0.3) is 11.8 Å². The van der Waals surface area contributed by atoms with Gasteiger partial charge in [-0.25, -0.2) is 9.97 Å². The fraction of sp³-hybridized carbons (Fsp3) is 0.391. The SMILES string of the molecule is O=C(NC[C@@H](Cc1ccccc1)NC(=O)c1coc(C2CC2)n1)c1coc(C2CC2)n1. The number of hydrogen-bond donors (Lipinski definition) is 2. The number of hydrogen-bond acceptors (Lipinski definition) is 6. The average Bonchev–Trinajstić information content (AvgIpc) is 3.72. The Kier molecular flexibility index (Phi) is 5.28. The van der Waals surface area contributed by atoms with E-state index < -0.39 is 0 Å². The molecule has 0 unspecified atom stereocenters. The van der Waals surface area contributed by atoms with Gasteiger partial charge in [-0.1, -0.05) is 30.3 Å². The number of rotatable bonds is 9. The molecule has 1 atom stereocenters. The number of carbonyl (C=O) groups is 2. The molecule has 31 heavy (non-hydrogen) atoms. The van der Waals surface area contributed by atoms with Crippen LogP contribution in [-0.4, -0.2) is 34.4 Å². The summed E-state index contributed by atoms with van der Waals surface area (Å²) in [5.74, 6) is 1.29.